The summed E-state index contributed by atoms with van der Waals surface area (Å²) in [5.41, 5.74) is 1.03. The molecule has 1 aromatic heterocycles. The average molecular weight is 412 g/mol. The van der Waals surface area contributed by atoms with Gasteiger partial charge in [-0.15, -0.1) is 11.3 Å². The Morgan fingerprint density at radius 1 is 1.03 bits per heavy atom. The van der Waals surface area contributed by atoms with E-state index >= 15 is 0 Å². The molecule has 1 amide bonds. The van der Waals surface area contributed by atoms with Crippen molar-refractivity contribution in [3.63, 3.8) is 0 Å². The number of ether oxygens (including phenoxy) is 3. The molecule has 0 saturated heterocycles. The fraction of sp³-hybridized carbons (Fsp3) is 0.190. The van der Waals surface area contributed by atoms with Crippen molar-refractivity contribution in [3.05, 3.63) is 65.7 Å². The van der Waals surface area contributed by atoms with E-state index < -0.39 is 11.9 Å². The molecule has 29 heavy (non-hydrogen) atoms. The molecule has 7 nitrogen and oxygen atoms in total. The van der Waals surface area contributed by atoms with Gasteiger partial charge in [-0.1, -0.05) is 18.2 Å². The monoisotopic (exact) mass is 412 g/mol. The van der Waals surface area contributed by atoms with Crippen molar-refractivity contribution in [2.45, 2.75) is 0 Å². The van der Waals surface area contributed by atoms with Crippen LogP contribution in [0.4, 0.5) is 0 Å². The molecule has 0 radical (unpaired) electrons. The van der Waals surface area contributed by atoms with Crippen molar-refractivity contribution < 1.29 is 23.8 Å². The van der Waals surface area contributed by atoms with Gasteiger partial charge in [0.15, 0.2) is 12.3 Å². The average Bonchev–Trinajstić information content (AvgIpc) is 3.26. The molecule has 150 valence electrons. The van der Waals surface area contributed by atoms with Gasteiger partial charge in [-0.2, -0.15) is 0 Å². The Balaban J connectivity index is 1.40. The van der Waals surface area contributed by atoms with E-state index in [0.29, 0.717) is 18.2 Å². The minimum atomic E-state index is -0.642. The van der Waals surface area contributed by atoms with Gasteiger partial charge >= 0.3 is 5.97 Å². The molecule has 1 N–H and O–H groups in total. The lowest BCUT2D eigenvalue weighted by Gasteiger charge is -2.07. The second-order valence-corrected chi connectivity index (χ2v) is 6.71. The molecular formula is C21H20N2O5S. The largest absolute Gasteiger partial charge is 0.497 e. The van der Waals surface area contributed by atoms with Crippen LogP contribution >= 0.6 is 11.3 Å². The number of nitrogens with zero attached hydrogens (tertiary/aromatic N) is 1. The highest BCUT2D eigenvalue weighted by Gasteiger charge is 2.15. The standard InChI is InChI=1S/C21H20N2O5S/c1-26-16-9-7-15(8-10-16)20-23-18(14-29-20)21(25)28-13-19(24)22-11-12-27-17-5-3-2-4-6-17/h2-10,14H,11-13H2,1H3,(H,22,24). The molecular weight excluding hydrogens is 392 g/mol. The molecule has 0 fully saturated rings. The van der Waals surface area contributed by atoms with Crippen molar-refractivity contribution in [2.24, 2.45) is 0 Å². The van der Waals surface area contributed by atoms with Gasteiger partial charge in [-0.3, -0.25) is 4.79 Å². The van der Waals surface area contributed by atoms with Crippen LogP contribution in [-0.4, -0.2) is 43.7 Å². The van der Waals surface area contributed by atoms with Crippen LogP contribution in [0.15, 0.2) is 60.0 Å². The zero-order chi connectivity index (χ0) is 20.5. The summed E-state index contributed by atoms with van der Waals surface area (Å²) in [6.07, 6.45) is 0. The summed E-state index contributed by atoms with van der Waals surface area (Å²) in [4.78, 5) is 28.2. The lowest BCUT2D eigenvalue weighted by molar-refractivity contribution is -0.124. The number of nitrogens with one attached hydrogen (secondary N) is 1. The van der Waals surface area contributed by atoms with Crippen molar-refractivity contribution >= 4 is 23.2 Å². The fourth-order valence-corrected chi connectivity index (χ4v) is 3.16. The number of carbonyl (C=O) groups is 2. The molecule has 3 aromatic rings. The molecule has 0 aliphatic rings. The summed E-state index contributed by atoms with van der Waals surface area (Å²) >= 11 is 1.32. The van der Waals surface area contributed by atoms with Crippen molar-refractivity contribution in [2.75, 3.05) is 26.9 Å². The summed E-state index contributed by atoms with van der Waals surface area (Å²) in [7, 11) is 1.60. The summed E-state index contributed by atoms with van der Waals surface area (Å²) in [6.45, 7) is 0.254. The molecule has 1 heterocycles. The first-order valence-corrected chi connectivity index (χ1v) is 9.75. The molecule has 0 aliphatic carbocycles. The van der Waals surface area contributed by atoms with Crippen LogP contribution in [0.5, 0.6) is 11.5 Å². The first-order valence-electron chi connectivity index (χ1n) is 8.87. The number of rotatable bonds is 9. The fourth-order valence-electron chi connectivity index (χ4n) is 2.37. The van der Waals surface area contributed by atoms with Crippen LogP contribution < -0.4 is 14.8 Å². The first kappa shape index (κ1) is 20.3. The molecule has 0 aliphatic heterocycles. The van der Waals surface area contributed by atoms with Crippen molar-refractivity contribution in [1.29, 1.82) is 0 Å². The van der Waals surface area contributed by atoms with Crippen LogP contribution in [0.1, 0.15) is 10.5 Å². The number of hydrogen-bond donors (Lipinski definition) is 1. The number of aromatic nitrogens is 1. The Hall–Kier alpha value is -3.39. The Labute approximate surface area is 172 Å². The Bertz CT molecular complexity index is 941. The Kier molecular flexibility index (Phi) is 7.18. The SMILES string of the molecule is COc1ccc(-c2nc(C(=O)OCC(=O)NCCOc3ccccc3)cs2)cc1. The highest BCUT2D eigenvalue weighted by atomic mass is 32.1. The van der Waals surface area contributed by atoms with E-state index in [4.69, 9.17) is 14.2 Å². The van der Waals surface area contributed by atoms with E-state index in [9.17, 15) is 9.59 Å². The minimum Gasteiger partial charge on any atom is -0.497 e. The topological polar surface area (TPSA) is 86.8 Å². The molecule has 8 heteroatoms. The zero-order valence-electron chi connectivity index (χ0n) is 15.8. The number of hydrogen-bond acceptors (Lipinski definition) is 7. The van der Waals surface area contributed by atoms with E-state index in [0.717, 1.165) is 17.1 Å². The predicted octanol–water partition coefficient (Wildman–Crippen LogP) is 3.17. The van der Waals surface area contributed by atoms with Crippen LogP contribution in [0.3, 0.4) is 0 Å². The minimum absolute atomic E-state index is 0.168. The number of para-hydroxylation sites is 1. The number of carbonyl (C=O) groups excluding carboxylic acids is 2. The van der Waals surface area contributed by atoms with E-state index in [1.54, 1.807) is 12.5 Å². The van der Waals surface area contributed by atoms with E-state index in [2.05, 4.69) is 10.3 Å². The van der Waals surface area contributed by atoms with Crippen LogP contribution in [-0.2, 0) is 9.53 Å². The van der Waals surface area contributed by atoms with Crippen LogP contribution in [0, 0.1) is 0 Å². The maximum Gasteiger partial charge on any atom is 0.358 e. The molecule has 0 atom stereocenters. The van der Waals surface area contributed by atoms with Gasteiger partial charge in [0.2, 0.25) is 0 Å². The molecule has 0 unspecified atom stereocenters. The van der Waals surface area contributed by atoms with Gasteiger partial charge in [0.05, 0.1) is 13.7 Å². The Morgan fingerprint density at radius 3 is 2.52 bits per heavy atom. The van der Waals surface area contributed by atoms with E-state index in [-0.39, 0.29) is 12.3 Å². The third-order valence-corrected chi connectivity index (χ3v) is 4.71. The summed E-state index contributed by atoms with van der Waals surface area (Å²) in [6, 6.07) is 16.6. The second kappa shape index (κ2) is 10.2. The van der Waals surface area contributed by atoms with Crippen LogP contribution in [0.25, 0.3) is 10.6 Å². The van der Waals surface area contributed by atoms with Gasteiger partial charge in [0.1, 0.15) is 23.1 Å². The van der Waals surface area contributed by atoms with Gasteiger partial charge in [-0.05, 0) is 36.4 Å². The highest BCUT2D eigenvalue weighted by Crippen LogP contribution is 2.25. The molecule has 2 aromatic carbocycles. The highest BCUT2D eigenvalue weighted by molar-refractivity contribution is 7.13. The number of methoxy groups -OCH3 is 1. The van der Waals surface area contributed by atoms with Gasteiger partial charge in [0.25, 0.3) is 5.91 Å². The molecule has 0 saturated carbocycles. The number of thiazole rings is 1. The van der Waals surface area contributed by atoms with Gasteiger partial charge in [0, 0.05) is 10.9 Å². The molecule has 3 rings (SSSR count). The third kappa shape index (κ3) is 6.05. The molecule has 0 spiro atoms. The number of esters is 1. The summed E-state index contributed by atoms with van der Waals surface area (Å²) < 4.78 is 15.6. The predicted molar refractivity (Wildman–Crippen MR) is 109 cm³/mol. The molecule has 0 bridgehead atoms. The maximum atomic E-state index is 12.1. The maximum absolute atomic E-state index is 12.1. The Morgan fingerprint density at radius 2 is 1.79 bits per heavy atom. The van der Waals surface area contributed by atoms with E-state index in [1.807, 2.05) is 54.6 Å². The van der Waals surface area contributed by atoms with Crippen molar-refractivity contribution in [3.8, 4) is 22.1 Å². The smallest absolute Gasteiger partial charge is 0.358 e. The zero-order valence-corrected chi connectivity index (χ0v) is 16.6. The van der Waals surface area contributed by atoms with Gasteiger partial charge in [-0.25, -0.2) is 9.78 Å². The summed E-state index contributed by atoms with van der Waals surface area (Å²) in [5, 5.41) is 4.92. The lowest BCUT2D eigenvalue weighted by atomic mass is 10.2. The second-order valence-electron chi connectivity index (χ2n) is 5.85. The normalized spacial score (nSPS) is 10.2. The van der Waals surface area contributed by atoms with Crippen LogP contribution in [0.2, 0.25) is 0 Å². The number of benzene rings is 2. The third-order valence-electron chi connectivity index (χ3n) is 3.82. The quantitative estimate of drug-likeness (QED) is 0.429. The van der Waals surface area contributed by atoms with E-state index in [1.165, 1.54) is 11.3 Å². The first-order chi connectivity index (χ1) is 14.2. The van der Waals surface area contributed by atoms with Crippen molar-refractivity contribution in [1.82, 2.24) is 10.3 Å². The van der Waals surface area contributed by atoms with Gasteiger partial charge < -0.3 is 19.5 Å². The summed E-state index contributed by atoms with van der Waals surface area (Å²) in [5.74, 6) is 0.423. The number of amides is 1. The lowest BCUT2D eigenvalue weighted by Crippen LogP contribution is -2.32.